The summed E-state index contributed by atoms with van der Waals surface area (Å²) in [6.45, 7) is 4.66. The van der Waals surface area contributed by atoms with Gasteiger partial charge in [0.25, 0.3) is 0 Å². The standard InChI is InChI=1S/C19H16Cl2N4/c1-12-9-13(2)22-18-17(12)19(24-7-3-4-8-24)23-25(18)11-14-5-6-15(20)16(21)10-14/h3-10H,11H2,1-2H3. The van der Waals surface area contributed by atoms with Crippen LogP contribution in [0, 0.1) is 13.8 Å². The van der Waals surface area contributed by atoms with Crippen LogP contribution in [0.25, 0.3) is 16.9 Å². The zero-order valence-corrected chi connectivity index (χ0v) is 15.4. The number of benzene rings is 1. The first kappa shape index (κ1) is 16.2. The molecule has 3 heterocycles. The number of halogens is 2. The van der Waals surface area contributed by atoms with E-state index in [0.29, 0.717) is 16.6 Å². The quantitative estimate of drug-likeness (QED) is 0.497. The van der Waals surface area contributed by atoms with Crippen LogP contribution in [0.15, 0.2) is 48.8 Å². The largest absolute Gasteiger partial charge is 0.307 e. The van der Waals surface area contributed by atoms with E-state index < -0.39 is 0 Å². The number of hydrogen-bond acceptors (Lipinski definition) is 2. The molecule has 0 atom stereocenters. The van der Waals surface area contributed by atoms with E-state index in [2.05, 4.69) is 13.0 Å². The number of pyridine rings is 1. The minimum atomic E-state index is 0.543. The first-order chi connectivity index (χ1) is 12.0. The molecule has 0 spiro atoms. The Labute approximate surface area is 155 Å². The van der Waals surface area contributed by atoms with E-state index in [-0.39, 0.29) is 0 Å². The lowest BCUT2D eigenvalue weighted by Crippen LogP contribution is -2.04. The second kappa shape index (κ2) is 6.21. The van der Waals surface area contributed by atoms with Crippen molar-refractivity contribution in [2.24, 2.45) is 0 Å². The molecule has 0 fully saturated rings. The first-order valence-corrected chi connectivity index (χ1v) is 8.70. The third kappa shape index (κ3) is 2.92. The highest BCUT2D eigenvalue weighted by Crippen LogP contribution is 2.27. The molecule has 0 radical (unpaired) electrons. The van der Waals surface area contributed by atoms with Gasteiger partial charge >= 0.3 is 0 Å². The smallest absolute Gasteiger partial charge is 0.168 e. The van der Waals surface area contributed by atoms with Gasteiger partial charge in [0, 0.05) is 18.1 Å². The fourth-order valence-corrected chi connectivity index (χ4v) is 3.39. The Hall–Kier alpha value is -2.30. The lowest BCUT2D eigenvalue weighted by Gasteiger charge is -2.06. The van der Waals surface area contributed by atoms with Gasteiger partial charge in [-0.05, 0) is 55.3 Å². The SMILES string of the molecule is Cc1cc(C)c2c(-n3cccc3)nn(Cc3ccc(Cl)c(Cl)c3)c2n1. The summed E-state index contributed by atoms with van der Waals surface area (Å²) < 4.78 is 3.93. The van der Waals surface area contributed by atoms with Gasteiger partial charge in [0.05, 0.1) is 22.0 Å². The number of aryl methyl sites for hydroxylation is 2. The monoisotopic (exact) mass is 370 g/mol. The van der Waals surface area contributed by atoms with Crippen molar-refractivity contribution >= 4 is 34.2 Å². The van der Waals surface area contributed by atoms with Gasteiger partial charge in [-0.2, -0.15) is 5.10 Å². The number of aromatic nitrogens is 4. The van der Waals surface area contributed by atoms with Crippen LogP contribution in [0.4, 0.5) is 0 Å². The minimum absolute atomic E-state index is 0.543. The number of hydrogen-bond donors (Lipinski definition) is 0. The van der Waals surface area contributed by atoms with Crippen LogP contribution in [0.2, 0.25) is 10.0 Å². The fraction of sp³-hybridized carbons (Fsp3) is 0.158. The highest BCUT2D eigenvalue weighted by molar-refractivity contribution is 6.42. The summed E-state index contributed by atoms with van der Waals surface area (Å²) in [4.78, 5) is 4.73. The fourth-order valence-electron chi connectivity index (χ4n) is 3.07. The molecule has 0 saturated carbocycles. The van der Waals surface area contributed by atoms with E-state index in [1.165, 1.54) is 0 Å². The van der Waals surface area contributed by atoms with Gasteiger partial charge in [0.1, 0.15) is 0 Å². The van der Waals surface area contributed by atoms with Crippen molar-refractivity contribution in [2.75, 3.05) is 0 Å². The first-order valence-electron chi connectivity index (χ1n) is 7.95. The second-order valence-electron chi connectivity index (χ2n) is 6.10. The molecule has 25 heavy (non-hydrogen) atoms. The van der Waals surface area contributed by atoms with Crippen LogP contribution >= 0.6 is 23.2 Å². The Balaban J connectivity index is 1.90. The number of nitrogens with zero attached hydrogens (tertiary/aromatic N) is 4. The lowest BCUT2D eigenvalue weighted by atomic mass is 10.1. The van der Waals surface area contributed by atoms with Crippen LogP contribution < -0.4 is 0 Å². The lowest BCUT2D eigenvalue weighted by molar-refractivity contribution is 0.693. The van der Waals surface area contributed by atoms with E-state index in [1.807, 2.05) is 58.9 Å². The molecule has 0 unspecified atom stereocenters. The third-order valence-corrected chi connectivity index (χ3v) is 4.91. The van der Waals surface area contributed by atoms with Gasteiger partial charge in [-0.3, -0.25) is 0 Å². The molecule has 1 aromatic carbocycles. The minimum Gasteiger partial charge on any atom is -0.307 e. The Kier molecular flexibility index (Phi) is 4.02. The normalized spacial score (nSPS) is 11.4. The molecule has 4 aromatic rings. The number of fused-ring (bicyclic) bond motifs is 1. The van der Waals surface area contributed by atoms with Crippen LogP contribution in [0.3, 0.4) is 0 Å². The van der Waals surface area contributed by atoms with Gasteiger partial charge in [0.2, 0.25) is 0 Å². The molecule has 4 rings (SSSR count). The molecule has 3 aromatic heterocycles. The third-order valence-electron chi connectivity index (χ3n) is 4.17. The number of rotatable bonds is 3. The molecule has 0 amide bonds. The summed E-state index contributed by atoms with van der Waals surface area (Å²) in [7, 11) is 0. The predicted molar refractivity (Wildman–Crippen MR) is 102 cm³/mol. The van der Waals surface area contributed by atoms with Crippen molar-refractivity contribution in [3.63, 3.8) is 0 Å². The maximum absolute atomic E-state index is 6.15. The highest BCUT2D eigenvalue weighted by Gasteiger charge is 2.16. The summed E-state index contributed by atoms with van der Waals surface area (Å²) in [5.41, 5.74) is 4.03. The van der Waals surface area contributed by atoms with Crippen molar-refractivity contribution in [1.82, 2.24) is 19.3 Å². The van der Waals surface area contributed by atoms with Gasteiger partial charge in [-0.15, -0.1) is 0 Å². The Morgan fingerprint density at radius 1 is 1.00 bits per heavy atom. The Morgan fingerprint density at radius 3 is 2.48 bits per heavy atom. The summed E-state index contributed by atoms with van der Waals surface area (Å²) in [6.07, 6.45) is 3.98. The zero-order valence-electron chi connectivity index (χ0n) is 13.9. The topological polar surface area (TPSA) is 35.6 Å². The molecule has 0 N–H and O–H groups in total. The Bertz CT molecular complexity index is 1060. The van der Waals surface area contributed by atoms with Crippen molar-refractivity contribution in [3.8, 4) is 5.82 Å². The molecule has 0 aliphatic carbocycles. The predicted octanol–water partition coefficient (Wildman–Crippen LogP) is 5.19. The molecule has 4 nitrogen and oxygen atoms in total. The van der Waals surface area contributed by atoms with Gasteiger partial charge < -0.3 is 4.57 Å². The van der Waals surface area contributed by atoms with Gasteiger partial charge in [-0.1, -0.05) is 29.3 Å². The zero-order chi connectivity index (χ0) is 17.6. The molecule has 126 valence electrons. The van der Waals surface area contributed by atoms with Crippen LogP contribution in [0.1, 0.15) is 16.8 Å². The van der Waals surface area contributed by atoms with Crippen molar-refractivity contribution in [3.05, 3.63) is 75.7 Å². The van der Waals surface area contributed by atoms with Crippen LogP contribution in [-0.2, 0) is 6.54 Å². The van der Waals surface area contributed by atoms with E-state index in [9.17, 15) is 0 Å². The molecular formula is C19H16Cl2N4. The molecule has 0 aliphatic heterocycles. The summed E-state index contributed by atoms with van der Waals surface area (Å²) in [6, 6.07) is 11.7. The molecule has 0 bridgehead atoms. The summed E-state index contributed by atoms with van der Waals surface area (Å²) >= 11 is 12.2. The summed E-state index contributed by atoms with van der Waals surface area (Å²) in [5.74, 6) is 0.880. The van der Waals surface area contributed by atoms with Crippen LogP contribution in [0.5, 0.6) is 0 Å². The Morgan fingerprint density at radius 2 is 1.76 bits per heavy atom. The average Bonchev–Trinajstić information content (AvgIpc) is 3.19. The van der Waals surface area contributed by atoms with E-state index >= 15 is 0 Å². The molecular weight excluding hydrogens is 355 g/mol. The van der Waals surface area contributed by atoms with E-state index in [0.717, 1.165) is 33.7 Å². The van der Waals surface area contributed by atoms with Gasteiger partial charge in [0.15, 0.2) is 11.5 Å². The van der Waals surface area contributed by atoms with E-state index in [1.54, 1.807) is 0 Å². The summed E-state index contributed by atoms with van der Waals surface area (Å²) in [5, 5.41) is 6.97. The van der Waals surface area contributed by atoms with Gasteiger partial charge in [-0.25, -0.2) is 9.67 Å². The maximum atomic E-state index is 6.15. The maximum Gasteiger partial charge on any atom is 0.168 e. The molecule has 0 saturated heterocycles. The second-order valence-corrected chi connectivity index (χ2v) is 6.91. The highest BCUT2D eigenvalue weighted by atomic mass is 35.5. The molecule has 6 heteroatoms. The average molecular weight is 371 g/mol. The molecule has 0 aliphatic rings. The van der Waals surface area contributed by atoms with Crippen molar-refractivity contribution in [2.45, 2.75) is 20.4 Å². The van der Waals surface area contributed by atoms with Crippen molar-refractivity contribution < 1.29 is 0 Å². The van der Waals surface area contributed by atoms with Crippen LogP contribution in [-0.4, -0.2) is 19.3 Å². The van der Waals surface area contributed by atoms with Crippen molar-refractivity contribution in [1.29, 1.82) is 0 Å². The van der Waals surface area contributed by atoms with E-state index in [4.69, 9.17) is 33.3 Å².